The van der Waals surface area contributed by atoms with Crippen LogP contribution in [0.2, 0.25) is 0 Å². The van der Waals surface area contributed by atoms with Gasteiger partial charge in [-0.25, -0.2) is 0 Å². The lowest BCUT2D eigenvalue weighted by molar-refractivity contribution is 0.0249. The van der Waals surface area contributed by atoms with Crippen molar-refractivity contribution in [2.75, 3.05) is 6.54 Å². The van der Waals surface area contributed by atoms with E-state index in [1.807, 2.05) is 30.3 Å². The van der Waals surface area contributed by atoms with Crippen LogP contribution in [-0.4, -0.2) is 29.1 Å². The fourth-order valence-electron chi connectivity index (χ4n) is 2.07. The van der Waals surface area contributed by atoms with Gasteiger partial charge in [-0.1, -0.05) is 36.4 Å². The number of hydrogen-bond acceptors (Lipinski definition) is 4. The number of nitrogens with two attached hydrogens (primary N) is 1. The molecule has 0 fully saturated rings. The van der Waals surface area contributed by atoms with Crippen molar-refractivity contribution in [3.8, 4) is 0 Å². The molecule has 0 saturated carbocycles. The van der Waals surface area contributed by atoms with Crippen LogP contribution in [0.25, 0.3) is 10.8 Å². The van der Waals surface area contributed by atoms with Crippen molar-refractivity contribution in [3.63, 3.8) is 0 Å². The summed E-state index contributed by atoms with van der Waals surface area (Å²) in [4.78, 5) is 11.1. The second kappa shape index (κ2) is 5.27. The van der Waals surface area contributed by atoms with Gasteiger partial charge in [0.2, 0.25) is 0 Å². The Hall–Kier alpha value is -1.75. The summed E-state index contributed by atoms with van der Waals surface area (Å²) in [5, 5.41) is 21.4. The van der Waals surface area contributed by atoms with Gasteiger partial charge < -0.3 is 15.9 Å². The minimum Gasteiger partial charge on any atom is -0.389 e. The van der Waals surface area contributed by atoms with Crippen LogP contribution >= 0.6 is 0 Å². The van der Waals surface area contributed by atoms with Crippen molar-refractivity contribution in [1.29, 1.82) is 0 Å². The Bertz CT molecular complexity index is 568. The number of aliphatic hydroxyl groups is 2. The number of benzene rings is 2. The fraction of sp³-hybridized carbons (Fsp3) is 0.214. The molecule has 4 N–H and O–H groups in total. The van der Waals surface area contributed by atoms with E-state index in [9.17, 15) is 15.0 Å². The van der Waals surface area contributed by atoms with E-state index in [0.29, 0.717) is 17.4 Å². The molecule has 2 aromatic rings. The van der Waals surface area contributed by atoms with Gasteiger partial charge in [0.15, 0.2) is 0 Å². The highest BCUT2D eigenvalue weighted by atomic mass is 16.3. The largest absolute Gasteiger partial charge is 0.389 e. The minimum atomic E-state index is -1.17. The average molecular weight is 245 g/mol. The van der Waals surface area contributed by atoms with Crippen molar-refractivity contribution < 1.29 is 15.0 Å². The molecule has 2 rings (SSSR count). The van der Waals surface area contributed by atoms with E-state index in [-0.39, 0.29) is 6.54 Å². The third-order valence-corrected chi connectivity index (χ3v) is 3.03. The summed E-state index contributed by atoms with van der Waals surface area (Å²) >= 11 is 0. The van der Waals surface area contributed by atoms with Crippen molar-refractivity contribution in [2.24, 2.45) is 5.73 Å². The zero-order chi connectivity index (χ0) is 13.1. The summed E-state index contributed by atoms with van der Waals surface area (Å²) in [6.07, 6.45) is -1.58. The minimum absolute atomic E-state index is 0.0668. The monoisotopic (exact) mass is 245 g/mol. The SMILES string of the molecule is NCC(O)C(O)c1c(C=O)ccc2ccccc12. The van der Waals surface area contributed by atoms with Gasteiger partial charge in [-0.2, -0.15) is 0 Å². The molecule has 18 heavy (non-hydrogen) atoms. The first-order chi connectivity index (χ1) is 8.69. The summed E-state index contributed by atoms with van der Waals surface area (Å²) < 4.78 is 0. The maximum absolute atomic E-state index is 11.1. The van der Waals surface area contributed by atoms with Gasteiger partial charge in [-0.3, -0.25) is 4.79 Å². The first-order valence-electron chi connectivity index (χ1n) is 5.72. The molecule has 0 amide bonds. The highest BCUT2D eigenvalue weighted by Crippen LogP contribution is 2.29. The van der Waals surface area contributed by atoms with E-state index >= 15 is 0 Å². The zero-order valence-corrected chi connectivity index (χ0v) is 9.78. The zero-order valence-electron chi connectivity index (χ0n) is 9.78. The number of carbonyl (C=O) groups excluding carboxylic acids is 1. The standard InChI is InChI=1S/C14H15NO3/c15-7-12(17)14(18)13-10(8-16)6-5-9-3-1-2-4-11(9)13/h1-6,8,12,14,17-18H,7,15H2. The van der Waals surface area contributed by atoms with Gasteiger partial charge in [-0.05, 0) is 10.8 Å². The van der Waals surface area contributed by atoms with Gasteiger partial charge in [0.25, 0.3) is 0 Å². The summed E-state index contributed by atoms with van der Waals surface area (Å²) in [6, 6.07) is 10.8. The van der Waals surface area contributed by atoms with Crippen molar-refractivity contribution in [2.45, 2.75) is 12.2 Å². The molecule has 4 nitrogen and oxygen atoms in total. The van der Waals surface area contributed by atoms with Crippen molar-refractivity contribution in [3.05, 3.63) is 47.5 Å². The maximum atomic E-state index is 11.1. The Balaban J connectivity index is 2.68. The van der Waals surface area contributed by atoms with Crippen molar-refractivity contribution in [1.82, 2.24) is 0 Å². The van der Waals surface area contributed by atoms with Gasteiger partial charge in [0.05, 0.1) is 6.10 Å². The van der Waals surface area contributed by atoms with Crippen LogP contribution in [0.15, 0.2) is 36.4 Å². The van der Waals surface area contributed by atoms with Crippen molar-refractivity contribution >= 4 is 17.1 Å². The molecular weight excluding hydrogens is 230 g/mol. The second-order valence-corrected chi connectivity index (χ2v) is 4.16. The molecule has 4 heteroatoms. The Morgan fingerprint density at radius 2 is 1.89 bits per heavy atom. The van der Waals surface area contributed by atoms with E-state index < -0.39 is 12.2 Å². The van der Waals surface area contributed by atoms with E-state index in [4.69, 9.17) is 5.73 Å². The Morgan fingerprint density at radius 3 is 2.56 bits per heavy atom. The lowest BCUT2D eigenvalue weighted by Gasteiger charge is -2.20. The normalized spacial score (nSPS) is 14.4. The molecule has 0 saturated heterocycles. The van der Waals surface area contributed by atoms with Crippen LogP contribution < -0.4 is 5.73 Å². The van der Waals surface area contributed by atoms with Gasteiger partial charge >= 0.3 is 0 Å². The lowest BCUT2D eigenvalue weighted by Crippen LogP contribution is -2.28. The molecule has 2 atom stereocenters. The molecule has 0 radical (unpaired) electrons. The molecule has 0 bridgehead atoms. The average Bonchev–Trinajstić information content (AvgIpc) is 2.44. The topological polar surface area (TPSA) is 83.6 Å². The lowest BCUT2D eigenvalue weighted by atomic mass is 9.93. The number of rotatable bonds is 4. The summed E-state index contributed by atoms with van der Waals surface area (Å²) in [7, 11) is 0. The number of fused-ring (bicyclic) bond motifs is 1. The van der Waals surface area contributed by atoms with Crippen LogP contribution in [-0.2, 0) is 0 Å². The molecule has 0 heterocycles. The number of hydrogen-bond donors (Lipinski definition) is 3. The first-order valence-corrected chi connectivity index (χ1v) is 5.72. The smallest absolute Gasteiger partial charge is 0.150 e. The molecule has 0 aliphatic heterocycles. The number of aliphatic hydroxyl groups excluding tert-OH is 2. The van der Waals surface area contributed by atoms with Crippen LogP contribution in [0.4, 0.5) is 0 Å². The third kappa shape index (κ3) is 2.13. The van der Waals surface area contributed by atoms with Crippen LogP contribution in [0.1, 0.15) is 22.0 Å². The molecule has 2 aromatic carbocycles. The summed E-state index contributed by atoms with van der Waals surface area (Å²) in [5.41, 5.74) is 6.15. The van der Waals surface area contributed by atoms with Crippen LogP contribution in [0, 0.1) is 0 Å². The van der Waals surface area contributed by atoms with E-state index in [1.54, 1.807) is 6.07 Å². The second-order valence-electron chi connectivity index (χ2n) is 4.16. The predicted octanol–water partition coefficient (Wildman–Crippen LogP) is 1.01. The van der Waals surface area contributed by atoms with Gasteiger partial charge in [0.1, 0.15) is 12.4 Å². The number of aldehydes is 1. The van der Waals surface area contributed by atoms with E-state index in [0.717, 1.165) is 10.8 Å². The highest BCUT2D eigenvalue weighted by Gasteiger charge is 2.22. The maximum Gasteiger partial charge on any atom is 0.150 e. The molecule has 0 aromatic heterocycles. The van der Waals surface area contributed by atoms with E-state index in [1.165, 1.54) is 0 Å². The Morgan fingerprint density at radius 1 is 1.17 bits per heavy atom. The Kier molecular flexibility index (Phi) is 3.72. The predicted molar refractivity (Wildman–Crippen MR) is 69.4 cm³/mol. The Labute approximate surface area is 105 Å². The summed E-state index contributed by atoms with van der Waals surface area (Å²) in [5.74, 6) is 0. The van der Waals surface area contributed by atoms with Gasteiger partial charge in [-0.15, -0.1) is 0 Å². The number of carbonyl (C=O) groups is 1. The molecular formula is C14H15NO3. The molecule has 0 spiro atoms. The first kappa shape index (κ1) is 12.7. The molecule has 94 valence electrons. The quantitative estimate of drug-likeness (QED) is 0.702. The molecule has 0 aliphatic carbocycles. The molecule has 2 unspecified atom stereocenters. The fourth-order valence-corrected chi connectivity index (χ4v) is 2.07. The third-order valence-electron chi connectivity index (χ3n) is 3.03. The van der Waals surface area contributed by atoms with Crippen LogP contribution in [0.3, 0.4) is 0 Å². The summed E-state index contributed by atoms with van der Waals surface area (Å²) in [6.45, 7) is -0.0668. The molecule has 0 aliphatic rings. The van der Waals surface area contributed by atoms with Gasteiger partial charge in [0, 0.05) is 17.7 Å². The van der Waals surface area contributed by atoms with E-state index in [2.05, 4.69) is 0 Å². The van der Waals surface area contributed by atoms with Crippen LogP contribution in [0.5, 0.6) is 0 Å². The highest BCUT2D eigenvalue weighted by molar-refractivity contribution is 5.93.